The van der Waals surface area contributed by atoms with Crippen molar-refractivity contribution in [1.82, 2.24) is 9.78 Å². The minimum Gasteiger partial charge on any atom is -0.386 e. The molecule has 0 aliphatic rings. The number of aliphatic hydroxyl groups is 1. The highest BCUT2D eigenvalue weighted by Crippen LogP contribution is 2.19. The van der Waals surface area contributed by atoms with Crippen LogP contribution in [0.5, 0.6) is 0 Å². The average Bonchev–Trinajstić information content (AvgIpc) is 2.70. The number of hydrogen-bond donors (Lipinski definition) is 1. The quantitative estimate of drug-likeness (QED) is 0.878. The van der Waals surface area contributed by atoms with Gasteiger partial charge in [0.05, 0.1) is 5.69 Å². The predicted octanol–water partition coefficient (Wildman–Crippen LogP) is 2.31. The van der Waals surface area contributed by atoms with Gasteiger partial charge in [-0.25, -0.2) is 0 Å². The lowest BCUT2D eigenvalue weighted by atomic mass is 9.99. The lowest BCUT2D eigenvalue weighted by Gasteiger charge is -2.11. The van der Waals surface area contributed by atoms with Crippen LogP contribution in [0.4, 0.5) is 0 Å². The molecule has 0 amide bonds. The molecule has 1 unspecified atom stereocenters. The van der Waals surface area contributed by atoms with Crippen LogP contribution in [0.1, 0.15) is 28.5 Å². The van der Waals surface area contributed by atoms with Crippen LogP contribution in [0, 0.1) is 13.8 Å². The molecule has 0 aliphatic carbocycles. The highest BCUT2D eigenvalue weighted by atomic mass is 16.3. The number of aromatic nitrogens is 2. The van der Waals surface area contributed by atoms with Gasteiger partial charge < -0.3 is 5.11 Å². The number of nitrogens with zero attached hydrogens (tertiary/aromatic N) is 2. The molecule has 2 rings (SSSR count). The molecule has 2 aromatic rings. The molecule has 90 valence electrons. The largest absolute Gasteiger partial charge is 0.386 e. The molecule has 0 saturated carbocycles. The molecule has 17 heavy (non-hydrogen) atoms. The Bertz CT molecular complexity index is 517. The Morgan fingerprint density at radius 3 is 2.71 bits per heavy atom. The second-order valence-corrected chi connectivity index (χ2v) is 4.56. The Kier molecular flexibility index (Phi) is 3.29. The van der Waals surface area contributed by atoms with Gasteiger partial charge >= 0.3 is 0 Å². The third kappa shape index (κ3) is 2.74. The summed E-state index contributed by atoms with van der Waals surface area (Å²) in [7, 11) is 1.86. The molecule has 3 heteroatoms. The van der Waals surface area contributed by atoms with E-state index >= 15 is 0 Å². The van der Waals surface area contributed by atoms with Crippen LogP contribution >= 0.6 is 0 Å². The van der Waals surface area contributed by atoms with Crippen LogP contribution in [0.2, 0.25) is 0 Å². The topological polar surface area (TPSA) is 38.0 Å². The molecular formula is C14H18N2O. The second-order valence-electron chi connectivity index (χ2n) is 4.56. The van der Waals surface area contributed by atoms with Crippen molar-refractivity contribution < 1.29 is 5.11 Å². The summed E-state index contributed by atoms with van der Waals surface area (Å²) in [6.45, 7) is 4.13. The van der Waals surface area contributed by atoms with Crippen LogP contribution < -0.4 is 0 Å². The zero-order valence-corrected chi connectivity index (χ0v) is 10.5. The number of hydrogen-bond acceptors (Lipinski definition) is 2. The smallest absolute Gasteiger partial charge is 0.102 e. The van der Waals surface area contributed by atoms with E-state index in [1.165, 1.54) is 16.7 Å². The zero-order valence-electron chi connectivity index (χ0n) is 10.5. The number of aliphatic hydroxyl groups excluding tert-OH is 1. The molecule has 0 radical (unpaired) electrons. The van der Waals surface area contributed by atoms with E-state index in [0.29, 0.717) is 6.42 Å². The minimum absolute atomic E-state index is 0.531. The van der Waals surface area contributed by atoms with Crippen molar-refractivity contribution in [3.8, 4) is 0 Å². The van der Waals surface area contributed by atoms with Gasteiger partial charge in [0.15, 0.2) is 0 Å². The first-order valence-corrected chi connectivity index (χ1v) is 5.80. The molecule has 0 saturated heterocycles. The summed E-state index contributed by atoms with van der Waals surface area (Å²) in [5.74, 6) is 0. The molecule has 0 aliphatic heterocycles. The Hall–Kier alpha value is -1.61. The third-order valence-electron chi connectivity index (χ3n) is 2.99. The summed E-state index contributed by atoms with van der Waals surface area (Å²) in [5.41, 5.74) is 4.35. The fourth-order valence-corrected chi connectivity index (χ4v) is 1.94. The van der Waals surface area contributed by atoms with Crippen LogP contribution in [-0.2, 0) is 13.5 Å². The molecule has 3 nitrogen and oxygen atoms in total. The van der Waals surface area contributed by atoms with Crippen molar-refractivity contribution in [2.75, 3.05) is 0 Å². The fraction of sp³-hybridized carbons (Fsp3) is 0.357. The van der Waals surface area contributed by atoms with Crippen molar-refractivity contribution in [2.45, 2.75) is 26.4 Å². The van der Waals surface area contributed by atoms with Crippen molar-refractivity contribution in [1.29, 1.82) is 0 Å². The zero-order chi connectivity index (χ0) is 12.4. The Morgan fingerprint density at radius 1 is 1.29 bits per heavy atom. The molecule has 1 atom stereocenters. The lowest BCUT2D eigenvalue weighted by molar-refractivity contribution is 0.172. The standard InChI is InChI=1S/C14H18N2O/c1-10-4-5-11(2)12(8-10)9-14(17)13-6-7-16(3)15-13/h4-8,14,17H,9H2,1-3H3. The maximum absolute atomic E-state index is 10.1. The van der Waals surface area contributed by atoms with Crippen molar-refractivity contribution >= 4 is 0 Å². The summed E-state index contributed by atoms with van der Waals surface area (Å²) < 4.78 is 1.71. The van der Waals surface area contributed by atoms with E-state index in [0.717, 1.165) is 5.69 Å². The first kappa shape index (κ1) is 11.9. The number of benzene rings is 1. The number of aryl methyl sites for hydroxylation is 3. The monoisotopic (exact) mass is 230 g/mol. The van der Waals surface area contributed by atoms with E-state index in [1.54, 1.807) is 4.68 Å². The van der Waals surface area contributed by atoms with Crippen molar-refractivity contribution in [2.24, 2.45) is 7.05 Å². The van der Waals surface area contributed by atoms with Gasteiger partial charge in [-0.3, -0.25) is 4.68 Å². The maximum Gasteiger partial charge on any atom is 0.102 e. The fourth-order valence-electron chi connectivity index (χ4n) is 1.94. The predicted molar refractivity (Wildman–Crippen MR) is 67.8 cm³/mol. The van der Waals surface area contributed by atoms with Gasteiger partial charge in [-0.15, -0.1) is 0 Å². The van der Waals surface area contributed by atoms with Crippen LogP contribution in [0.3, 0.4) is 0 Å². The highest BCUT2D eigenvalue weighted by Gasteiger charge is 2.12. The third-order valence-corrected chi connectivity index (χ3v) is 2.99. The number of rotatable bonds is 3. The van der Waals surface area contributed by atoms with Gasteiger partial charge in [0.25, 0.3) is 0 Å². The molecule has 1 aromatic carbocycles. The Balaban J connectivity index is 2.18. The van der Waals surface area contributed by atoms with Gasteiger partial charge in [0, 0.05) is 19.7 Å². The lowest BCUT2D eigenvalue weighted by Crippen LogP contribution is -2.05. The summed E-state index contributed by atoms with van der Waals surface area (Å²) >= 11 is 0. The van der Waals surface area contributed by atoms with Crippen LogP contribution in [0.25, 0.3) is 0 Å². The normalized spacial score (nSPS) is 12.7. The summed E-state index contributed by atoms with van der Waals surface area (Å²) in [5, 5.41) is 14.4. The first-order valence-electron chi connectivity index (χ1n) is 5.80. The Labute approximate surface area is 102 Å². The highest BCUT2D eigenvalue weighted by molar-refractivity contribution is 5.31. The van der Waals surface area contributed by atoms with Crippen LogP contribution in [0.15, 0.2) is 30.5 Å². The average molecular weight is 230 g/mol. The molecule has 1 aromatic heterocycles. The molecule has 1 heterocycles. The van der Waals surface area contributed by atoms with E-state index < -0.39 is 6.10 Å². The van der Waals surface area contributed by atoms with Gasteiger partial charge in [-0.2, -0.15) is 5.10 Å². The van der Waals surface area contributed by atoms with Crippen molar-refractivity contribution in [3.05, 3.63) is 52.8 Å². The molecular weight excluding hydrogens is 212 g/mol. The summed E-state index contributed by atoms with van der Waals surface area (Å²) in [6.07, 6.45) is 1.93. The minimum atomic E-state index is -0.531. The maximum atomic E-state index is 10.1. The first-order chi connectivity index (χ1) is 8.06. The van der Waals surface area contributed by atoms with E-state index in [1.807, 2.05) is 19.3 Å². The summed E-state index contributed by atoms with van der Waals surface area (Å²) in [6, 6.07) is 8.17. The van der Waals surface area contributed by atoms with E-state index in [4.69, 9.17) is 0 Å². The molecule has 0 spiro atoms. The van der Waals surface area contributed by atoms with Gasteiger partial charge in [0.1, 0.15) is 6.10 Å². The van der Waals surface area contributed by atoms with Gasteiger partial charge in [-0.05, 0) is 31.0 Å². The van der Waals surface area contributed by atoms with Crippen LogP contribution in [-0.4, -0.2) is 14.9 Å². The molecule has 0 fully saturated rings. The Morgan fingerprint density at radius 2 is 2.06 bits per heavy atom. The molecule has 1 N–H and O–H groups in total. The van der Waals surface area contributed by atoms with E-state index in [2.05, 4.69) is 37.1 Å². The second kappa shape index (κ2) is 4.72. The summed E-state index contributed by atoms with van der Waals surface area (Å²) in [4.78, 5) is 0. The van der Waals surface area contributed by atoms with Gasteiger partial charge in [-0.1, -0.05) is 23.8 Å². The SMILES string of the molecule is Cc1ccc(C)c(CC(O)c2ccn(C)n2)c1. The van der Waals surface area contributed by atoms with Gasteiger partial charge in [0.2, 0.25) is 0 Å². The van der Waals surface area contributed by atoms with Crippen molar-refractivity contribution in [3.63, 3.8) is 0 Å². The molecule has 0 bridgehead atoms. The van der Waals surface area contributed by atoms with E-state index in [-0.39, 0.29) is 0 Å². The van der Waals surface area contributed by atoms with E-state index in [9.17, 15) is 5.11 Å².